The number of nitriles is 1. The number of amides is 1. The molecule has 344 valence electrons. The van der Waals surface area contributed by atoms with E-state index < -0.39 is 40.7 Å². The van der Waals surface area contributed by atoms with Crippen LogP contribution in [0.1, 0.15) is 35.6 Å². The number of aryl methyl sites for hydroxylation is 2. The van der Waals surface area contributed by atoms with E-state index in [9.17, 15) is 45.5 Å². The first-order valence-corrected chi connectivity index (χ1v) is 24.8. The zero-order valence-corrected chi connectivity index (χ0v) is 38.7. The molecule has 0 atom stereocenters. The molecule has 0 bridgehead atoms. The van der Waals surface area contributed by atoms with Crippen LogP contribution in [0.25, 0.3) is 10.8 Å². The van der Waals surface area contributed by atoms with Crippen LogP contribution in [0.15, 0.2) is 122 Å². The Bertz CT molecular complexity index is 3280. The highest BCUT2D eigenvalue weighted by atomic mass is 32.2. The van der Waals surface area contributed by atoms with Crippen LogP contribution in [0.3, 0.4) is 0 Å². The molecule has 1 amide bonds. The molecule has 0 saturated heterocycles. The van der Waals surface area contributed by atoms with Crippen molar-refractivity contribution in [2.45, 2.75) is 48.4 Å². The van der Waals surface area contributed by atoms with Crippen molar-refractivity contribution in [3.05, 3.63) is 119 Å². The molecule has 0 aromatic heterocycles. The van der Waals surface area contributed by atoms with Crippen LogP contribution in [0.2, 0.25) is 0 Å². The molecule has 6 aromatic rings. The van der Waals surface area contributed by atoms with Crippen molar-refractivity contribution in [1.82, 2.24) is 0 Å². The Morgan fingerprint density at radius 3 is 2.20 bits per heavy atom. The predicted molar refractivity (Wildman–Crippen MR) is 250 cm³/mol. The SMILES string of the molecule is CCC(=O)Nc1cc(N=Nc2ccc(S(C)(=O)=O)cc2C#N)c2c(NCc3cccc(S(=O)(=O)Nc4ccc(OCCOC)c(S(=O)(=O)Nc5cc(C)c(C)cc5O)c4)c3)cccc2c1O. The Labute approximate surface area is 382 Å². The van der Waals surface area contributed by atoms with Gasteiger partial charge < -0.3 is 30.3 Å². The van der Waals surface area contributed by atoms with Crippen molar-refractivity contribution >= 4 is 80.7 Å². The molecule has 0 heterocycles. The number of fused-ring (bicyclic) bond motifs is 1. The highest BCUT2D eigenvalue weighted by Gasteiger charge is 2.25. The second-order valence-electron chi connectivity index (χ2n) is 14.9. The highest BCUT2D eigenvalue weighted by molar-refractivity contribution is 7.93. The van der Waals surface area contributed by atoms with Gasteiger partial charge >= 0.3 is 0 Å². The van der Waals surface area contributed by atoms with Gasteiger partial charge in [-0.05, 0) is 103 Å². The fraction of sp³-hybridized carbons (Fsp3) is 0.200. The summed E-state index contributed by atoms with van der Waals surface area (Å²) in [4.78, 5) is 11.8. The second-order valence-corrected chi connectivity index (χ2v) is 20.2. The largest absolute Gasteiger partial charge is 0.506 e. The number of rotatable bonds is 18. The number of phenols is 2. The zero-order valence-electron chi connectivity index (χ0n) is 36.2. The summed E-state index contributed by atoms with van der Waals surface area (Å²) < 4.78 is 95.1. The van der Waals surface area contributed by atoms with Gasteiger partial charge in [0.2, 0.25) is 5.91 Å². The number of benzene rings is 6. The molecular formula is C45H45N7O11S3. The molecule has 0 unspecified atom stereocenters. The van der Waals surface area contributed by atoms with E-state index in [2.05, 4.69) is 30.3 Å². The number of hydrogen-bond acceptors (Lipinski definition) is 15. The van der Waals surface area contributed by atoms with E-state index in [1.165, 1.54) is 73.8 Å². The topological polar surface area (TPSA) is 275 Å². The molecule has 0 radical (unpaired) electrons. The van der Waals surface area contributed by atoms with Crippen molar-refractivity contribution in [1.29, 1.82) is 5.26 Å². The van der Waals surface area contributed by atoms with Crippen LogP contribution in [-0.4, -0.2) is 68.0 Å². The summed E-state index contributed by atoms with van der Waals surface area (Å²) in [5, 5.41) is 46.7. The molecule has 0 fully saturated rings. The van der Waals surface area contributed by atoms with Crippen molar-refractivity contribution in [2.75, 3.05) is 46.7 Å². The van der Waals surface area contributed by atoms with Gasteiger partial charge in [0.05, 0.1) is 44.7 Å². The Morgan fingerprint density at radius 2 is 1.48 bits per heavy atom. The van der Waals surface area contributed by atoms with E-state index in [0.29, 0.717) is 22.2 Å². The lowest BCUT2D eigenvalue weighted by Crippen LogP contribution is -2.18. The monoisotopic (exact) mass is 955 g/mol. The first kappa shape index (κ1) is 48.2. The van der Waals surface area contributed by atoms with E-state index in [-0.39, 0.29) is 92.6 Å². The Kier molecular flexibility index (Phi) is 14.5. The number of sulfone groups is 1. The number of hydrogen-bond donors (Lipinski definition) is 6. The molecule has 6 aromatic carbocycles. The summed E-state index contributed by atoms with van der Waals surface area (Å²) in [6, 6.07) is 24.6. The average Bonchev–Trinajstić information content (AvgIpc) is 3.27. The number of carbonyl (C=O) groups excluding carboxylic acids is 1. The van der Waals surface area contributed by atoms with Crippen LogP contribution in [0.5, 0.6) is 17.2 Å². The van der Waals surface area contributed by atoms with Gasteiger partial charge in [-0.2, -0.15) is 5.26 Å². The van der Waals surface area contributed by atoms with Crippen molar-refractivity contribution < 1.29 is 49.7 Å². The molecule has 0 aliphatic heterocycles. The summed E-state index contributed by atoms with van der Waals surface area (Å²) >= 11 is 0. The first-order chi connectivity index (χ1) is 31.2. The normalized spacial score (nSPS) is 11.9. The van der Waals surface area contributed by atoms with E-state index in [1.54, 1.807) is 45.0 Å². The minimum atomic E-state index is -4.47. The number of carbonyl (C=O) groups is 1. The van der Waals surface area contributed by atoms with E-state index in [0.717, 1.165) is 17.9 Å². The van der Waals surface area contributed by atoms with E-state index in [4.69, 9.17) is 9.47 Å². The number of nitrogens with zero attached hydrogens (tertiary/aromatic N) is 3. The fourth-order valence-corrected chi connectivity index (χ4v) is 9.49. The minimum Gasteiger partial charge on any atom is -0.506 e. The lowest BCUT2D eigenvalue weighted by atomic mass is 10.0. The maximum absolute atomic E-state index is 13.9. The van der Waals surface area contributed by atoms with Gasteiger partial charge in [0.1, 0.15) is 40.5 Å². The van der Waals surface area contributed by atoms with Crippen LogP contribution >= 0.6 is 0 Å². The number of sulfonamides is 2. The Balaban J connectivity index is 1.31. The summed E-state index contributed by atoms with van der Waals surface area (Å²) in [6.45, 7) is 5.30. The number of ether oxygens (including phenoxy) is 2. The summed E-state index contributed by atoms with van der Waals surface area (Å²) in [6.07, 6.45) is 1.12. The molecule has 21 heteroatoms. The summed E-state index contributed by atoms with van der Waals surface area (Å²) in [5.41, 5.74) is 2.33. The lowest BCUT2D eigenvalue weighted by Gasteiger charge is -2.17. The molecule has 0 aliphatic carbocycles. The fourth-order valence-electron chi connectivity index (χ4n) is 6.49. The average molecular weight is 956 g/mol. The van der Waals surface area contributed by atoms with Gasteiger partial charge in [0.25, 0.3) is 20.0 Å². The van der Waals surface area contributed by atoms with Crippen LogP contribution in [-0.2, 0) is 46.0 Å². The van der Waals surface area contributed by atoms with Gasteiger partial charge in [0.15, 0.2) is 9.84 Å². The maximum Gasteiger partial charge on any atom is 0.265 e. The Morgan fingerprint density at radius 1 is 0.758 bits per heavy atom. The third kappa shape index (κ3) is 11.2. The summed E-state index contributed by atoms with van der Waals surface area (Å²) in [5.74, 6) is -1.07. The van der Waals surface area contributed by atoms with Crippen molar-refractivity contribution in [2.24, 2.45) is 10.2 Å². The van der Waals surface area contributed by atoms with E-state index in [1.807, 2.05) is 6.07 Å². The molecule has 66 heavy (non-hydrogen) atoms. The smallest absolute Gasteiger partial charge is 0.265 e. The molecule has 0 spiro atoms. The lowest BCUT2D eigenvalue weighted by molar-refractivity contribution is -0.115. The number of anilines is 4. The van der Waals surface area contributed by atoms with Gasteiger partial charge in [-0.3, -0.25) is 14.2 Å². The minimum absolute atomic E-state index is 0.0179. The second kappa shape index (κ2) is 19.9. The zero-order chi connectivity index (χ0) is 48.0. The van der Waals surface area contributed by atoms with Crippen LogP contribution < -0.4 is 24.8 Å². The van der Waals surface area contributed by atoms with Gasteiger partial charge in [-0.15, -0.1) is 10.2 Å². The predicted octanol–water partition coefficient (Wildman–Crippen LogP) is 8.15. The molecule has 0 saturated carbocycles. The maximum atomic E-state index is 13.9. The molecule has 6 rings (SSSR count). The molecular weight excluding hydrogens is 911 g/mol. The van der Waals surface area contributed by atoms with Crippen LogP contribution in [0, 0.1) is 25.2 Å². The van der Waals surface area contributed by atoms with Gasteiger partial charge in [-0.1, -0.05) is 31.2 Å². The van der Waals surface area contributed by atoms with Crippen molar-refractivity contribution in [3.8, 4) is 23.3 Å². The number of nitrogens with one attached hydrogen (secondary N) is 4. The third-order valence-electron chi connectivity index (χ3n) is 10.1. The standard InChI is InChI=1S/C45H45N7O11S3/c1-6-43(54)48-39-24-38(50-49-35-15-14-32(64(5,56)57)22-30(35)25-46)44-34(45(39)55)11-8-12-36(44)47-26-29-9-7-10-33(21-29)65(58,59)51-31-13-16-41(63-18-17-62-4)42(23-31)66(60,61)52-37-19-27(2)28(3)20-40(37)53/h7-16,19-24,47,51-53,55H,6,17-18,26H2,1-5H3,(H,48,54). The molecule has 6 N–H and O–H groups in total. The van der Waals surface area contributed by atoms with Crippen LogP contribution in [0.4, 0.5) is 34.1 Å². The van der Waals surface area contributed by atoms with E-state index >= 15 is 0 Å². The Hall–Kier alpha value is -7.25. The number of azo groups is 1. The first-order valence-electron chi connectivity index (χ1n) is 19.9. The molecule has 18 nitrogen and oxygen atoms in total. The third-order valence-corrected chi connectivity index (χ3v) is 13.9. The quantitative estimate of drug-likeness (QED) is 0.0270. The van der Waals surface area contributed by atoms with Crippen molar-refractivity contribution in [3.63, 3.8) is 0 Å². The number of aromatic hydroxyl groups is 2. The van der Waals surface area contributed by atoms with Gasteiger partial charge in [0, 0.05) is 42.8 Å². The number of methoxy groups -OCH3 is 1. The summed E-state index contributed by atoms with van der Waals surface area (Å²) in [7, 11) is -11.0. The molecule has 0 aliphatic rings. The highest BCUT2D eigenvalue weighted by Crippen LogP contribution is 2.44. The van der Waals surface area contributed by atoms with Gasteiger partial charge in [-0.25, -0.2) is 25.3 Å². The number of phenolic OH excluding ortho intramolecular Hbond substituents is 2.